The molecule has 3 heteroatoms. The zero-order valence-corrected chi connectivity index (χ0v) is 10.5. The molecule has 0 unspecified atom stereocenters. The molecule has 1 aromatic rings. The van der Waals surface area contributed by atoms with Crippen LogP contribution in [0.4, 0.5) is 0 Å². The van der Waals surface area contributed by atoms with Crippen LogP contribution in [0.5, 0.6) is 5.75 Å². The van der Waals surface area contributed by atoms with Crippen molar-refractivity contribution in [2.24, 2.45) is 5.92 Å². The van der Waals surface area contributed by atoms with Crippen LogP contribution in [-0.4, -0.2) is 17.7 Å². The van der Waals surface area contributed by atoms with Crippen LogP contribution in [0.2, 0.25) is 0 Å². The zero-order valence-electron chi connectivity index (χ0n) is 10.5. The Labute approximate surface area is 102 Å². The number of para-hydroxylation sites is 1. The number of esters is 1. The van der Waals surface area contributed by atoms with Crippen molar-refractivity contribution in [1.82, 2.24) is 0 Å². The quantitative estimate of drug-likeness (QED) is 0.610. The number of phenolic OH excluding ortho intramolecular Hbond substituents is 1. The van der Waals surface area contributed by atoms with Gasteiger partial charge in [0.15, 0.2) is 0 Å². The predicted octanol–water partition coefficient (Wildman–Crippen LogP) is 2.91. The van der Waals surface area contributed by atoms with Gasteiger partial charge in [-0.2, -0.15) is 0 Å². The van der Waals surface area contributed by atoms with Gasteiger partial charge in [0.2, 0.25) is 0 Å². The maximum absolute atomic E-state index is 11.5. The summed E-state index contributed by atoms with van der Waals surface area (Å²) >= 11 is 0. The van der Waals surface area contributed by atoms with Crippen molar-refractivity contribution in [3.05, 3.63) is 29.8 Å². The third-order valence-electron chi connectivity index (χ3n) is 2.52. The first kappa shape index (κ1) is 13.6. The Hall–Kier alpha value is -1.51. The molecule has 0 bridgehead atoms. The van der Waals surface area contributed by atoms with E-state index >= 15 is 0 Å². The minimum Gasteiger partial charge on any atom is -0.508 e. The Morgan fingerprint density at radius 1 is 1.35 bits per heavy atom. The Kier molecular flexibility index (Phi) is 5.53. The molecule has 94 valence electrons. The van der Waals surface area contributed by atoms with E-state index in [-0.39, 0.29) is 18.1 Å². The molecule has 0 spiro atoms. The van der Waals surface area contributed by atoms with E-state index in [9.17, 15) is 9.90 Å². The highest BCUT2D eigenvalue weighted by atomic mass is 16.5. The number of phenols is 1. The fourth-order valence-corrected chi connectivity index (χ4v) is 1.54. The number of carbonyl (C=O) groups excluding carboxylic acids is 1. The van der Waals surface area contributed by atoms with Crippen molar-refractivity contribution in [3.8, 4) is 5.75 Å². The molecule has 1 N–H and O–H groups in total. The predicted molar refractivity (Wildman–Crippen MR) is 66.8 cm³/mol. The van der Waals surface area contributed by atoms with E-state index in [2.05, 4.69) is 13.8 Å². The topological polar surface area (TPSA) is 46.5 Å². The summed E-state index contributed by atoms with van der Waals surface area (Å²) in [5, 5.41) is 9.50. The summed E-state index contributed by atoms with van der Waals surface area (Å²) in [4.78, 5) is 11.5. The molecule has 0 aromatic heterocycles. The van der Waals surface area contributed by atoms with Crippen LogP contribution in [0.15, 0.2) is 24.3 Å². The van der Waals surface area contributed by atoms with Crippen LogP contribution in [0, 0.1) is 5.92 Å². The van der Waals surface area contributed by atoms with E-state index in [0.29, 0.717) is 18.1 Å². The molecule has 0 aliphatic heterocycles. The van der Waals surface area contributed by atoms with Gasteiger partial charge in [0, 0.05) is 5.56 Å². The van der Waals surface area contributed by atoms with Crippen molar-refractivity contribution in [1.29, 1.82) is 0 Å². The van der Waals surface area contributed by atoms with Crippen molar-refractivity contribution in [2.45, 2.75) is 33.1 Å². The lowest BCUT2D eigenvalue weighted by Crippen LogP contribution is -2.09. The summed E-state index contributed by atoms with van der Waals surface area (Å²) in [6, 6.07) is 6.82. The summed E-state index contributed by atoms with van der Waals surface area (Å²) in [6.07, 6.45) is 2.09. The number of ether oxygens (including phenoxy) is 1. The van der Waals surface area contributed by atoms with Gasteiger partial charge in [-0.25, -0.2) is 0 Å². The maximum atomic E-state index is 11.5. The molecule has 0 fully saturated rings. The van der Waals surface area contributed by atoms with Crippen LogP contribution in [0.1, 0.15) is 32.3 Å². The first-order valence-electron chi connectivity index (χ1n) is 6.02. The normalized spacial score (nSPS) is 10.5. The van der Waals surface area contributed by atoms with Gasteiger partial charge < -0.3 is 9.84 Å². The molecule has 0 atom stereocenters. The van der Waals surface area contributed by atoms with Gasteiger partial charge in [-0.1, -0.05) is 32.0 Å². The average molecular weight is 236 g/mol. The highest BCUT2D eigenvalue weighted by Crippen LogP contribution is 2.16. The average Bonchev–Trinajstić information content (AvgIpc) is 2.27. The van der Waals surface area contributed by atoms with Gasteiger partial charge in [0.1, 0.15) is 5.75 Å². The SMILES string of the molecule is CC(C)CCCOC(=O)Cc1ccccc1O. The first-order chi connectivity index (χ1) is 8.09. The van der Waals surface area contributed by atoms with Gasteiger partial charge in [-0.3, -0.25) is 4.79 Å². The molecular weight excluding hydrogens is 216 g/mol. The number of hydrogen-bond acceptors (Lipinski definition) is 3. The standard InChI is InChI=1S/C14H20O3/c1-11(2)6-5-9-17-14(16)10-12-7-3-4-8-13(12)15/h3-4,7-8,11,15H,5-6,9-10H2,1-2H3. The van der Waals surface area contributed by atoms with Crippen LogP contribution in [-0.2, 0) is 16.0 Å². The van der Waals surface area contributed by atoms with Gasteiger partial charge in [-0.15, -0.1) is 0 Å². The van der Waals surface area contributed by atoms with Crippen LogP contribution in [0.3, 0.4) is 0 Å². The summed E-state index contributed by atoms with van der Waals surface area (Å²) in [7, 11) is 0. The molecule has 0 radical (unpaired) electrons. The van der Waals surface area contributed by atoms with Crippen molar-refractivity contribution in [2.75, 3.05) is 6.61 Å². The van der Waals surface area contributed by atoms with Crippen LogP contribution >= 0.6 is 0 Å². The zero-order chi connectivity index (χ0) is 12.7. The van der Waals surface area contributed by atoms with E-state index in [1.54, 1.807) is 24.3 Å². The second-order valence-electron chi connectivity index (χ2n) is 4.56. The fraction of sp³-hybridized carbons (Fsp3) is 0.500. The fourth-order valence-electron chi connectivity index (χ4n) is 1.54. The number of aromatic hydroxyl groups is 1. The highest BCUT2D eigenvalue weighted by molar-refractivity contribution is 5.73. The molecule has 0 aliphatic rings. The summed E-state index contributed by atoms with van der Waals surface area (Å²) in [5.41, 5.74) is 0.612. The Bertz CT molecular complexity index is 358. The number of benzene rings is 1. The molecular formula is C14H20O3. The van der Waals surface area contributed by atoms with E-state index in [0.717, 1.165) is 12.8 Å². The first-order valence-corrected chi connectivity index (χ1v) is 6.02. The summed E-state index contributed by atoms with van der Waals surface area (Å²) < 4.78 is 5.10. The molecule has 0 amide bonds. The third-order valence-corrected chi connectivity index (χ3v) is 2.52. The molecule has 0 heterocycles. The number of carbonyl (C=O) groups is 1. The molecule has 3 nitrogen and oxygen atoms in total. The minimum absolute atomic E-state index is 0.133. The van der Waals surface area contributed by atoms with Crippen molar-refractivity contribution in [3.63, 3.8) is 0 Å². The van der Waals surface area contributed by atoms with E-state index < -0.39 is 0 Å². The highest BCUT2D eigenvalue weighted by Gasteiger charge is 2.08. The molecule has 17 heavy (non-hydrogen) atoms. The van der Waals surface area contributed by atoms with Gasteiger partial charge in [0.25, 0.3) is 0 Å². The lowest BCUT2D eigenvalue weighted by molar-refractivity contribution is -0.143. The van der Waals surface area contributed by atoms with Gasteiger partial charge in [0.05, 0.1) is 13.0 Å². The second-order valence-corrected chi connectivity index (χ2v) is 4.56. The van der Waals surface area contributed by atoms with Crippen LogP contribution in [0.25, 0.3) is 0 Å². The van der Waals surface area contributed by atoms with Crippen molar-refractivity contribution < 1.29 is 14.6 Å². The smallest absolute Gasteiger partial charge is 0.310 e. The molecule has 1 aromatic carbocycles. The number of rotatable bonds is 6. The minimum atomic E-state index is -0.282. The van der Waals surface area contributed by atoms with Crippen molar-refractivity contribution >= 4 is 5.97 Å². The van der Waals surface area contributed by atoms with Gasteiger partial charge in [-0.05, 0) is 24.8 Å². The summed E-state index contributed by atoms with van der Waals surface area (Å²) in [5.74, 6) is 0.494. The molecule has 0 saturated heterocycles. The molecule has 1 rings (SSSR count). The monoisotopic (exact) mass is 236 g/mol. The lowest BCUT2D eigenvalue weighted by atomic mass is 10.1. The van der Waals surface area contributed by atoms with Gasteiger partial charge >= 0.3 is 5.97 Å². The molecule has 0 saturated carbocycles. The number of hydrogen-bond donors (Lipinski definition) is 1. The van der Waals surface area contributed by atoms with Crippen LogP contribution < -0.4 is 0 Å². The maximum Gasteiger partial charge on any atom is 0.310 e. The van der Waals surface area contributed by atoms with E-state index in [4.69, 9.17) is 4.74 Å². The second kappa shape index (κ2) is 6.94. The largest absolute Gasteiger partial charge is 0.508 e. The third kappa shape index (κ3) is 5.38. The lowest BCUT2D eigenvalue weighted by Gasteiger charge is -2.07. The summed E-state index contributed by atoms with van der Waals surface area (Å²) in [6.45, 7) is 4.75. The molecule has 0 aliphatic carbocycles. The Morgan fingerprint density at radius 2 is 2.06 bits per heavy atom. The Morgan fingerprint density at radius 3 is 2.71 bits per heavy atom. The Balaban J connectivity index is 2.28. The van der Waals surface area contributed by atoms with E-state index in [1.165, 1.54) is 0 Å². The van der Waals surface area contributed by atoms with E-state index in [1.807, 2.05) is 0 Å².